The average Bonchev–Trinajstić information content (AvgIpc) is 2.50. The lowest BCUT2D eigenvalue weighted by Gasteiger charge is -2.25. The molecule has 0 radical (unpaired) electrons. The van der Waals surface area contributed by atoms with Crippen molar-refractivity contribution in [2.45, 2.75) is 46.1 Å². The Bertz CT molecular complexity index is 344. The van der Waals surface area contributed by atoms with Gasteiger partial charge in [-0.15, -0.1) is 11.3 Å². The summed E-state index contributed by atoms with van der Waals surface area (Å²) in [5.41, 5.74) is 2.38. The summed E-state index contributed by atoms with van der Waals surface area (Å²) in [6.07, 6.45) is 2.05. The Hall–Kier alpha value is -0.900. The van der Waals surface area contributed by atoms with E-state index in [1.165, 1.54) is 11.3 Å². The molecule has 0 bridgehead atoms. The van der Waals surface area contributed by atoms with E-state index in [9.17, 15) is 4.79 Å². The predicted octanol–water partition coefficient (Wildman–Crippen LogP) is 2.76. The minimum absolute atomic E-state index is 0.00606. The number of hydrogen-bond acceptors (Lipinski definition) is 3. The molecule has 4 heteroatoms. The predicted molar refractivity (Wildman–Crippen MR) is 63.3 cm³/mol. The fourth-order valence-electron chi connectivity index (χ4n) is 1.57. The Morgan fingerprint density at radius 2 is 2.27 bits per heavy atom. The van der Waals surface area contributed by atoms with Crippen molar-refractivity contribution in [3.8, 4) is 0 Å². The number of carbonyl (C=O) groups is 1. The van der Waals surface area contributed by atoms with E-state index in [0.717, 1.165) is 23.4 Å². The van der Waals surface area contributed by atoms with Gasteiger partial charge in [-0.2, -0.15) is 0 Å². The largest absolute Gasteiger partial charge is 0.346 e. The number of aromatic nitrogens is 1. The van der Waals surface area contributed by atoms with Crippen LogP contribution in [0.25, 0.3) is 0 Å². The average molecular weight is 226 g/mol. The molecular formula is C11H18N2OS. The van der Waals surface area contributed by atoms with Crippen LogP contribution in [0, 0.1) is 6.92 Å². The van der Waals surface area contributed by atoms with Crippen molar-refractivity contribution in [3.05, 3.63) is 16.1 Å². The van der Waals surface area contributed by atoms with E-state index in [-0.39, 0.29) is 11.4 Å². The van der Waals surface area contributed by atoms with Gasteiger partial charge in [-0.05, 0) is 27.2 Å². The molecule has 0 saturated carbocycles. The van der Waals surface area contributed by atoms with Gasteiger partial charge in [0.1, 0.15) is 4.88 Å². The Kier molecular flexibility index (Phi) is 3.85. The molecule has 0 fully saturated rings. The van der Waals surface area contributed by atoms with Gasteiger partial charge >= 0.3 is 0 Å². The number of nitrogens with one attached hydrogen (secondary N) is 1. The maximum absolute atomic E-state index is 11.9. The smallest absolute Gasteiger partial charge is 0.263 e. The molecule has 0 unspecified atom stereocenters. The van der Waals surface area contributed by atoms with Gasteiger partial charge in [0.2, 0.25) is 0 Å². The van der Waals surface area contributed by atoms with Crippen molar-refractivity contribution >= 4 is 17.2 Å². The number of aryl methyl sites for hydroxylation is 1. The first kappa shape index (κ1) is 12.2. The lowest BCUT2D eigenvalue weighted by molar-refractivity contribution is 0.0912. The van der Waals surface area contributed by atoms with Crippen LogP contribution in [0.4, 0.5) is 0 Å². The van der Waals surface area contributed by atoms with Crippen LogP contribution in [-0.4, -0.2) is 16.4 Å². The third-order valence-electron chi connectivity index (χ3n) is 2.28. The lowest BCUT2D eigenvalue weighted by Crippen LogP contribution is -2.43. The molecule has 84 valence electrons. The maximum Gasteiger partial charge on any atom is 0.263 e. The molecule has 0 aliphatic carbocycles. The van der Waals surface area contributed by atoms with E-state index in [1.54, 1.807) is 5.51 Å². The fraction of sp³-hybridized carbons (Fsp3) is 0.636. The van der Waals surface area contributed by atoms with Crippen LogP contribution < -0.4 is 5.32 Å². The van der Waals surface area contributed by atoms with E-state index in [0.29, 0.717) is 0 Å². The second-order valence-corrected chi connectivity index (χ2v) is 5.21. The summed E-state index contributed by atoms with van der Waals surface area (Å²) in [5, 5.41) is 3.03. The number of hydrogen-bond donors (Lipinski definition) is 1. The summed E-state index contributed by atoms with van der Waals surface area (Å²) in [6, 6.07) is 0. The van der Waals surface area contributed by atoms with Crippen LogP contribution in [0.3, 0.4) is 0 Å². The number of rotatable bonds is 4. The highest BCUT2D eigenvalue weighted by Crippen LogP contribution is 2.16. The Balaban J connectivity index is 2.68. The van der Waals surface area contributed by atoms with Gasteiger partial charge in [-0.3, -0.25) is 4.79 Å². The Morgan fingerprint density at radius 3 is 2.73 bits per heavy atom. The van der Waals surface area contributed by atoms with Crippen molar-refractivity contribution in [2.75, 3.05) is 0 Å². The van der Waals surface area contributed by atoms with Gasteiger partial charge in [0.05, 0.1) is 11.2 Å². The summed E-state index contributed by atoms with van der Waals surface area (Å²) in [5.74, 6) is -0.00606. The quantitative estimate of drug-likeness (QED) is 0.857. The summed E-state index contributed by atoms with van der Waals surface area (Å²) < 4.78 is 0. The topological polar surface area (TPSA) is 42.0 Å². The van der Waals surface area contributed by atoms with Gasteiger partial charge in [0.25, 0.3) is 5.91 Å². The zero-order valence-electron chi connectivity index (χ0n) is 9.76. The third kappa shape index (κ3) is 3.30. The SMILES string of the molecule is CCCC(C)(C)NC(=O)c1scnc1C. The molecule has 1 rings (SSSR count). The fourth-order valence-corrected chi connectivity index (χ4v) is 2.27. The van der Waals surface area contributed by atoms with Crippen LogP contribution in [0.5, 0.6) is 0 Å². The molecular weight excluding hydrogens is 208 g/mol. The highest BCUT2D eigenvalue weighted by molar-refractivity contribution is 7.11. The normalized spacial score (nSPS) is 11.5. The van der Waals surface area contributed by atoms with Crippen molar-refractivity contribution < 1.29 is 4.79 Å². The van der Waals surface area contributed by atoms with E-state index in [2.05, 4.69) is 17.2 Å². The molecule has 1 aromatic heterocycles. The molecule has 1 amide bonds. The Morgan fingerprint density at radius 1 is 1.60 bits per heavy atom. The number of nitrogens with zero attached hydrogens (tertiary/aromatic N) is 1. The van der Waals surface area contributed by atoms with Crippen molar-refractivity contribution in [1.29, 1.82) is 0 Å². The summed E-state index contributed by atoms with van der Waals surface area (Å²) in [4.78, 5) is 16.7. The van der Waals surface area contributed by atoms with Crippen LogP contribution in [-0.2, 0) is 0 Å². The zero-order valence-corrected chi connectivity index (χ0v) is 10.6. The first-order valence-corrected chi connectivity index (χ1v) is 6.07. The first-order valence-electron chi connectivity index (χ1n) is 5.19. The molecule has 1 aromatic rings. The van der Waals surface area contributed by atoms with E-state index < -0.39 is 0 Å². The van der Waals surface area contributed by atoms with Crippen molar-refractivity contribution in [3.63, 3.8) is 0 Å². The maximum atomic E-state index is 11.9. The molecule has 0 saturated heterocycles. The van der Waals surface area contributed by atoms with Gasteiger partial charge < -0.3 is 5.32 Å². The second-order valence-electron chi connectivity index (χ2n) is 4.35. The van der Waals surface area contributed by atoms with Gasteiger partial charge in [0, 0.05) is 5.54 Å². The van der Waals surface area contributed by atoms with E-state index in [4.69, 9.17) is 0 Å². The molecule has 15 heavy (non-hydrogen) atoms. The van der Waals surface area contributed by atoms with Gasteiger partial charge in [0.15, 0.2) is 0 Å². The van der Waals surface area contributed by atoms with Gasteiger partial charge in [-0.1, -0.05) is 13.3 Å². The first-order chi connectivity index (χ1) is 6.96. The van der Waals surface area contributed by atoms with E-state index in [1.807, 2.05) is 20.8 Å². The highest BCUT2D eigenvalue weighted by atomic mass is 32.1. The number of carbonyl (C=O) groups excluding carboxylic acids is 1. The summed E-state index contributed by atoms with van der Waals surface area (Å²) in [6.45, 7) is 8.07. The second kappa shape index (κ2) is 4.75. The summed E-state index contributed by atoms with van der Waals surface area (Å²) in [7, 11) is 0. The van der Waals surface area contributed by atoms with Crippen LogP contribution in [0.2, 0.25) is 0 Å². The molecule has 1 N–H and O–H groups in total. The van der Waals surface area contributed by atoms with Crippen molar-refractivity contribution in [1.82, 2.24) is 10.3 Å². The van der Waals surface area contributed by atoms with Gasteiger partial charge in [-0.25, -0.2) is 4.98 Å². The number of thiazole rings is 1. The highest BCUT2D eigenvalue weighted by Gasteiger charge is 2.21. The van der Waals surface area contributed by atoms with Crippen LogP contribution in [0.1, 0.15) is 49.0 Å². The lowest BCUT2D eigenvalue weighted by atomic mass is 9.99. The molecule has 0 aromatic carbocycles. The number of amides is 1. The van der Waals surface area contributed by atoms with E-state index >= 15 is 0 Å². The molecule has 0 spiro atoms. The monoisotopic (exact) mass is 226 g/mol. The Labute approximate surface area is 94.9 Å². The van der Waals surface area contributed by atoms with Crippen LogP contribution >= 0.6 is 11.3 Å². The molecule has 0 atom stereocenters. The van der Waals surface area contributed by atoms with Crippen LogP contribution in [0.15, 0.2) is 5.51 Å². The molecule has 3 nitrogen and oxygen atoms in total. The molecule has 0 aliphatic heterocycles. The minimum atomic E-state index is -0.137. The molecule has 0 aliphatic rings. The zero-order chi connectivity index (χ0) is 11.5. The third-order valence-corrected chi connectivity index (χ3v) is 3.21. The summed E-state index contributed by atoms with van der Waals surface area (Å²) >= 11 is 1.39. The standard InChI is InChI=1S/C11H18N2OS/c1-5-6-11(3,4)13-10(14)9-8(2)12-7-15-9/h7H,5-6H2,1-4H3,(H,13,14). The van der Waals surface area contributed by atoms with Crippen molar-refractivity contribution in [2.24, 2.45) is 0 Å². The molecule has 1 heterocycles. The minimum Gasteiger partial charge on any atom is -0.346 e.